The summed E-state index contributed by atoms with van der Waals surface area (Å²) in [5.74, 6) is 0.779. The Kier molecular flexibility index (Phi) is 6.47. The molecule has 1 aliphatic rings. The molecule has 1 unspecified atom stereocenters. The van der Waals surface area contributed by atoms with Gasteiger partial charge in [0, 0.05) is 24.5 Å². The average molecular weight is 372 g/mol. The lowest BCUT2D eigenvalue weighted by Crippen LogP contribution is -2.47. The molecule has 0 radical (unpaired) electrons. The lowest BCUT2D eigenvalue weighted by atomic mass is 10.2. The molecule has 0 spiro atoms. The summed E-state index contributed by atoms with van der Waals surface area (Å²) in [5, 5.41) is 7.44. The van der Waals surface area contributed by atoms with Crippen molar-refractivity contribution >= 4 is 11.6 Å². The fraction of sp³-hybridized carbons (Fsp3) is 0.500. The zero-order valence-corrected chi connectivity index (χ0v) is 16.3. The summed E-state index contributed by atoms with van der Waals surface area (Å²) >= 11 is 0. The van der Waals surface area contributed by atoms with Crippen LogP contribution in [0.25, 0.3) is 0 Å². The highest BCUT2D eigenvalue weighted by Gasteiger charge is 2.23. The predicted octanol–water partition coefficient (Wildman–Crippen LogP) is 2.24. The molecule has 0 bridgehead atoms. The number of benzene rings is 1. The number of anilines is 1. The number of amides is 1. The second-order valence-electron chi connectivity index (χ2n) is 6.84. The molecule has 7 nitrogen and oxygen atoms in total. The number of hydrogen-bond acceptors (Lipinski definition) is 5. The molecule has 1 fully saturated rings. The van der Waals surface area contributed by atoms with Crippen LogP contribution in [-0.2, 0) is 16.1 Å². The van der Waals surface area contributed by atoms with Gasteiger partial charge in [-0.3, -0.25) is 14.4 Å². The molecule has 2 heterocycles. The van der Waals surface area contributed by atoms with Crippen LogP contribution >= 0.6 is 0 Å². The minimum absolute atomic E-state index is 0.0223. The van der Waals surface area contributed by atoms with Crippen molar-refractivity contribution in [1.29, 1.82) is 0 Å². The molecule has 1 N–H and O–H groups in total. The molecular formula is C20H28N4O3. The van der Waals surface area contributed by atoms with Crippen LogP contribution < -0.4 is 10.1 Å². The van der Waals surface area contributed by atoms with Gasteiger partial charge < -0.3 is 14.8 Å². The van der Waals surface area contributed by atoms with Crippen molar-refractivity contribution in [3.05, 3.63) is 41.7 Å². The van der Waals surface area contributed by atoms with Crippen LogP contribution in [0.5, 0.6) is 5.75 Å². The molecule has 1 saturated heterocycles. The van der Waals surface area contributed by atoms with Gasteiger partial charge in [0.15, 0.2) is 0 Å². The number of hydrogen-bond donors (Lipinski definition) is 1. The lowest BCUT2D eigenvalue weighted by molar-refractivity contribution is -0.119. The van der Waals surface area contributed by atoms with Crippen LogP contribution in [0.3, 0.4) is 0 Å². The topological polar surface area (TPSA) is 68.6 Å². The van der Waals surface area contributed by atoms with Crippen LogP contribution in [0.1, 0.15) is 18.3 Å². The first-order chi connectivity index (χ1) is 13.0. The van der Waals surface area contributed by atoms with Crippen LogP contribution in [0.15, 0.2) is 30.3 Å². The summed E-state index contributed by atoms with van der Waals surface area (Å²) in [6.07, 6.45) is 0.0371. The molecule has 27 heavy (non-hydrogen) atoms. The largest absolute Gasteiger partial charge is 0.494 e. The van der Waals surface area contributed by atoms with Crippen molar-refractivity contribution in [2.75, 3.05) is 38.2 Å². The van der Waals surface area contributed by atoms with Gasteiger partial charge in [-0.25, -0.2) is 0 Å². The maximum atomic E-state index is 12.4. The second-order valence-corrected chi connectivity index (χ2v) is 6.84. The number of carbonyl (C=O) groups excluding carboxylic acids is 1. The van der Waals surface area contributed by atoms with E-state index in [4.69, 9.17) is 9.47 Å². The van der Waals surface area contributed by atoms with Crippen LogP contribution in [0.4, 0.5) is 5.69 Å². The van der Waals surface area contributed by atoms with Gasteiger partial charge >= 0.3 is 0 Å². The highest BCUT2D eigenvalue weighted by Crippen LogP contribution is 2.16. The summed E-state index contributed by atoms with van der Waals surface area (Å²) in [6, 6.07) is 9.49. The molecule has 1 aromatic carbocycles. The Morgan fingerprint density at radius 1 is 1.33 bits per heavy atom. The van der Waals surface area contributed by atoms with Crippen LogP contribution in [0, 0.1) is 13.8 Å². The highest BCUT2D eigenvalue weighted by molar-refractivity contribution is 5.92. The molecule has 0 aliphatic carbocycles. The number of carbonyl (C=O) groups is 1. The Morgan fingerprint density at radius 2 is 2.11 bits per heavy atom. The third-order valence-corrected chi connectivity index (χ3v) is 4.52. The zero-order chi connectivity index (χ0) is 19.2. The van der Waals surface area contributed by atoms with E-state index in [0.717, 1.165) is 35.9 Å². The normalized spacial score (nSPS) is 17.7. The molecule has 146 valence electrons. The first-order valence-electron chi connectivity index (χ1n) is 9.41. The lowest BCUT2D eigenvalue weighted by Gasteiger charge is -2.32. The first-order valence-corrected chi connectivity index (χ1v) is 9.41. The number of ether oxygens (including phenoxy) is 2. The van der Waals surface area contributed by atoms with E-state index in [9.17, 15) is 4.79 Å². The van der Waals surface area contributed by atoms with Crippen molar-refractivity contribution < 1.29 is 14.3 Å². The Labute approximate surface area is 160 Å². The van der Waals surface area contributed by atoms with Gasteiger partial charge in [-0.2, -0.15) is 5.10 Å². The minimum atomic E-state index is -0.0223. The summed E-state index contributed by atoms with van der Waals surface area (Å²) in [4.78, 5) is 14.5. The van der Waals surface area contributed by atoms with Gasteiger partial charge in [-0.15, -0.1) is 0 Å². The van der Waals surface area contributed by atoms with E-state index in [1.54, 1.807) is 0 Å². The fourth-order valence-electron chi connectivity index (χ4n) is 3.29. The van der Waals surface area contributed by atoms with E-state index in [1.807, 2.05) is 49.7 Å². The van der Waals surface area contributed by atoms with Gasteiger partial charge in [0.05, 0.1) is 38.1 Å². The number of aromatic nitrogens is 2. The molecule has 2 aromatic rings. The van der Waals surface area contributed by atoms with E-state index >= 15 is 0 Å². The van der Waals surface area contributed by atoms with E-state index in [-0.39, 0.29) is 12.0 Å². The van der Waals surface area contributed by atoms with Crippen molar-refractivity contribution in [2.45, 2.75) is 33.4 Å². The molecule has 1 amide bonds. The summed E-state index contributed by atoms with van der Waals surface area (Å²) < 4.78 is 13.3. The summed E-state index contributed by atoms with van der Waals surface area (Å²) in [5.41, 5.74) is 2.91. The molecule has 1 aliphatic heterocycles. The Morgan fingerprint density at radius 3 is 2.78 bits per heavy atom. The van der Waals surface area contributed by atoms with Gasteiger partial charge in [-0.05, 0) is 51.1 Å². The van der Waals surface area contributed by atoms with Gasteiger partial charge in [-0.1, -0.05) is 0 Å². The third-order valence-electron chi connectivity index (χ3n) is 4.52. The Hall–Kier alpha value is -2.38. The van der Waals surface area contributed by atoms with Gasteiger partial charge in [0.2, 0.25) is 5.91 Å². The molecule has 1 aromatic heterocycles. The maximum absolute atomic E-state index is 12.4. The number of rotatable bonds is 7. The Balaban J connectivity index is 1.49. The van der Waals surface area contributed by atoms with Gasteiger partial charge in [0.25, 0.3) is 0 Å². The van der Waals surface area contributed by atoms with Crippen molar-refractivity contribution in [3.8, 4) is 5.75 Å². The van der Waals surface area contributed by atoms with Gasteiger partial charge in [0.1, 0.15) is 5.75 Å². The molecule has 3 rings (SSSR count). The van der Waals surface area contributed by atoms with E-state index in [1.165, 1.54) is 0 Å². The van der Waals surface area contributed by atoms with Crippen molar-refractivity contribution in [1.82, 2.24) is 14.7 Å². The third kappa shape index (κ3) is 5.55. The van der Waals surface area contributed by atoms with E-state index < -0.39 is 0 Å². The Bertz CT molecular complexity index is 757. The second kappa shape index (κ2) is 9.01. The highest BCUT2D eigenvalue weighted by atomic mass is 16.5. The predicted molar refractivity (Wildman–Crippen MR) is 104 cm³/mol. The number of morpholine rings is 1. The van der Waals surface area contributed by atoms with Crippen LogP contribution in [0.2, 0.25) is 0 Å². The van der Waals surface area contributed by atoms with E-state index in [0.29, 0.717) is 26.3 Å². The number of nitrogens with zero attached hydrogens (tertiary/aromatic N) is 3. The molecule has 7 heteroatoms. The first kappa shape index (κ1) is 19.4. The molecule has 0 saturated carbocycles. The number of nitrogens with one attached hydrogen (secondary N) is 1. The summed E-state index contributed by atoms with van der Waals surface area (Å²) in [7, 11) is 0. The quantitative estimate of drug-likeness (QED) is 0.807. The van der Waals surface area contributed by atoms with E-state index in [2.05, 4.69) is 21.4 Å². The molecule has 1 atom stereocenters. The fourth-order valence-corrected chi connectivity index (χ4v) is 3.29. The maximum Gasteiger partial charge on any atom is 0.238 e. The summed E-state index contributed by atoms with van der Waals surface area (Å²) in [6.45, 7) is 9.76. The number of aryl methyl sites for hydroxylation is 2. The van der Waals surface area contributed by atoms with Crippen molar-refractivity contribution in [3.63, 3.8) is 0 Å². The molecular weight excluding hydrogens is 344 g/mol. The SMILES string of the molecule is CCOc1ccc(NC(=O)CN2CCOC(Cn3nc(C)cc3C)C2)cc1. The zero-order valence-electron chi connectivity index (χ0n) is 16.3. The average Bonchev–Trinajstić information content (AvgIpc) is 2.94. The van der Waals surface area contributed by atoms with Crippen LogP contribution in [-0.4, -0.2) is 59.5 Å². The monoisotopic (exact) mass is 372 g/mol. The minimum Gasteiger partial charge on any atom is -0.494 e. The standard InChI is InChI=1S/C20H28N4O3/c1-4-26-18-7-5-17(6-8-18)21-20(25)14-23-9-10-27-19(12-23)13-24-16(3)11-15(2)22-24/h5-8,11,19H,4,9-10,12-14H2,1-3H3,(H,21,25). The smallest absolute Gasteiger partial charge is 0.238 e. The van der Waals surface area contributed by atoms with Crippen molar-refractivity contribution in [2.24, 2.45) is 0 Å².